The lowest BCUT2D eigenvalue weighted by Crippen LogP contribution is -2.47. The molecule has 2 N–H and O–H groups in total. The molecule has 0 radical (unpaired) electrons. The lowest BCUT2D eigenvalue weighted by Gasteiger charge is -2.34. The van der Waals surface area contributed by atoms with Crippen molar-refractivity contribution in [3.05, 3.63) is 71.8 Å². The Morgan fingerprint density at radius 1 is 0.968 bits per heavy atom. The fraction of sp³-hybridized carbons (Fsp3) is 0.208. The Balaban J connectivity index is 1.84. The zero-order chi connectivity index (χ0) is 22.2. The number of fused-ring (bicyclic) bond motifs is 1. The summed E-state index contributed by atoms with van der Waals surface area (Å²) in [7, 11) is 1.50. The summed E-state index contributed by atoms with van der Waals surface area (Å²) >= 11 is 0. The monoisotopic (exact) mass is 424 g/mol. The first-order valence-electron chi connectivity index (χ1n) is 9.76. The summed E-state index contributed by atoms with van der Waals surface area (Å²) in [5.41, 5.74) is 2.20. The van der Waals surface area contributed by atoms with Gasteiger partial charge in [-0.15, -0.1) is 0 Å². The van der Waals surface area contributed by atoms with E-state index in [4.69, 9.17) is 9.47 Å². The SMILES string of the molecule is COc1ccc(F)cc1-c1ccc2c(c1COc1cccc(F)c1)NC(=O)C(C)(C)N2. The van der Waals surface area contributed by atoms with E-state index in [1.807, 2.05) is 12.1 Å². The van der Waals surface area contributed by atoms with Crippen molar-refractivity contribution in [2.24, 2.45) is 0 Å². The average Bonchev–Trinajstić information content (AvgIpc) is 2.73. The van der Waals surface area contributed by atoms with E-state index in [1.54, 1.807) is 32.0 Å². The molecule has 0 atom stereocenters. The second kappa shape index (κ2) is 7.91. The molecule has 1 aliphatic heterocycles. The van der Waals surface area contributed by atoms with Crippen LogP contribution in [0.5, 0.6) is 11.5 Å². The molecule has 7 heteroatoms. The molecule has 1 amide bonds. The van der Waals surface area contributed by atoms with Gasteiger partial charge in [0.25, 0.3) is 0 Å². The number of methoxy groups -OCH3 is 1. The number of amides is 1. The van der Waals surface area contributed by atoms with Gasteiger partial charge in [-0.05, 0) is 55.8 Å². The van der Waals surface area contributed by atoms with Gasteiger partial charge in [-0.3, -0.25) is 4.79 Å². The minimum atomic E-state index is -0.800. The molecule has 31 heavy (non-hydrogen) atoms. The van der Waals surface area contributed by atoms with Crippen molar-refractivity contribution in [2.45, 2.75) is 26.0 Å². The van der Waals surface area contributed by atoms with Gasteiger partial charge in [-0.25, -0.2) is 8.78 Å². The predicted molar refractivity (Wildman–Crippen MR) is 115 cm³/mol. The van der Waals surface area contributed by atoms with Gasteiger partial charge in [0.1, 0.15) is 35.3 Å². The quantitative estimate of drug-likeness (QED) is 0.579. The van der Waals surface area contributed by atoms with Gasteiger partial charge in [0.15, 0.2) is 0 Å². The van der Waals surface area contributed by atoms with E-state index in [1.165, 1.54) is 31.4 Å². The van der Waals surface area contributed by atoms with E-state index in [2.05, 4.69) is 10.6 Å². The van der Waals surface area contributed by atoms with E-state index < -0.39 is 17.2 Å². The van der Waals surface area contributed by atoms with Crippen molar-refractivity contribution in [1.29, 1.82) is 0 Å². The zero-order valence-electron chi connectivity index (χ0n) is 17.4. The van der Waals surface area contributed by atoms with Crippen LogP contribution in [0.4, 0.5) is 20.2 Å². The van der Waals surface area contributed by atoms with Crippen molar-refractivity contribution in [2.75, 3.05) is 17.7 Å². The highest BCUT2D eigenvalue weighted by atomic mass is 19.1. The van der Waals surface area contributed by atoms with E-state index in [0.717, 1.165) is 0 Å². The van der Waals surface area contributed by atoms with Crippen molar-refractivity contribution >= 4 is 17.3 Å². The molecule has 3 aromatic carbocycles. The fourth-order valence-electron chi connectivity index (χ4n) is 3.56. The minimum Gasteiger partial charge on any atom is -0.496 e. The van der Waals surface area contributed by atoms with E-state index in [0.29, 0.717) is 39.6 Å². The Morgan fingerprint density at radius 2 is 1.74 bits per heavy atom. The van der Waals surface area contributed by atoms with Crippen LogP contribution in [-0.4, -0.2) is 18.6 Å². The maximum Gasteiger partial charge on any atom is 0.249 e. The molecule has 0 fully saturated rings. The number of anilines is 2. The van der Waals surface area contributed by atoms with Gasteiger partial charge in [0.05, 0.1) is 18.5 Å². The van der Waals surface area contributed by atoms with Gasteiger partial charge in [0.2, 0.25) is 5.91 Å². The minimum absolute atomic E-state index is 0.0179. The van der Waals surface area contributed by atoms with Crippen LogP contribution in [0.25, 0.3) is 11.1 Å². The first-order chi connectivity index (χ1) is 14.8. The van der Waals surface area contributed by atoms with E-state index >= 15 is 0 Å². The molecule has 1 heterocycles. The molecule has 0 unspecified atom stereocenters. The summed E-state index contributed by atoms with van der Waals surface area (Å²) < 4.78 is 38.9. The molecular weight excluding hydrogens is 402 g/mol. The Hall–Kier alpha value is -3.61. The van der Waals surface area contributed by atoms with Crippen molar-refractivity contribution in [3.8, 4) is 22.6 Å². The van der Waals surface area contributed by atoms with Crippen LogP contribution in [0.15, 0.2) is 54.6 Å². The van der Waals surface area contributed by atoms with Crippen LogP contribution in [0.2, 0.25) is 0 Å². The molecule has 0 spiro atoms. The van der Waals surface area contributed by atoms with E-state index in [9.17, 15) is 13.6 Å². The average molecular weight is 424 g/mol. The lowest BCUT2D eigenvalue weighted by atomic mass is 9.93. The summed E-state index contributed by atoms with van der Waals surface area (Å²) in [4.78, 5) is 12.6. The maximum absolute atomic E-state index is 14.1. The van der Waals surface area contributed by atoms with Crippen LogP contribution in [0.1, 0.15) is 19.4 Å². The molecule has 5 nitrogen and oxygen atoms in total. The Kier molecular flexibility index (Phi) is 5.27. The Labute approximate surface area is 179 Å². The van der Waals surface area contributed by atoms with Gasteiger partial charge in [-0.1, -0.05) is 12.1 Å². The third kappa shape index (κ3) is 4.03. The number of halogens is 2. The zero-order valence-corrected chi connectivity index (χ0v) is 17.4. The van der Waals surface area contributed by atoms with Crippen LogP contribution in [0, 0.1) is 11.6 Å². The van der Waals surface area contributed by atoms with Gasteiger partial charge >= 0.3 is 0 Å². The molecule has 0 saturated carbocycles. The fourth-order valence-corrected chi connectivity index (χ4v) is 3.56. The Morgan fingerprint density at radius 3 is 2.48 bits per heavy atom. The molecule has 0 saturated heterocycles. The van der Waals surface area contributed by atoms with Crippen molar-refractivity contribution in [3.63, 3.8) is 0 Å². The van der Waals surface area contributed by atoms with Gasteiger partial charge in [-0.2, -0.15) is 0 Å². The molecule has 160 valence electrons. The highest BCUT2D eigenvalue weighted by Gasteiger charge is 2.34. The first-order valence-corrected chi connectivity index (χ1v) is 9.76. The smallest absolute Gasteiger partial charge is 0.249 e. The van der Waals surface area contributed by atoms with Crippen LogP contribution in [0.3, 0.4) is 0 Å². The Bertz CT molecular complexity index is 1160. The normalized spacial score (nSPS) is 14.3. The molecular formula is C24H22F2N2O3. The molecule has 1 aliphatic rings. The van der Waals surface area contributed by atoms with Gasteiger partial charge in [0, 0.05) is 17.2 Å². The predicted octanol–water partition coefficient (Wildman–Crippen LogP) is 5.36. The van der Waals surface area contributed by atoms with Crippen molar-refractivity contribution in [1.82, 2.24) is 0 Å². The molecule has 0 aromatic heterocycles. The standard InChI is InChI=1S/C24H22F2N2O3/c1-24(2)23(29)27-22-19(13-31-16-6-4-5-14(25)11-16)17(8-9-20(22)28-24)18-12-15(26)7-10-21(18)30-3/h4-12,28H,13H2,1-3H3,(H,27,29). The summed E-state index contributed by atoms with van der Waals surface area (Å²) in [5.74, 6) is -0.241. The molecule has 4 rings (SSSR count). The lowest BCUT2D eigenvalue weighted by molar-refractivity contribution is -0.119. The summed E-state index contributed by atoms with van der Waals surface area (Å²) in [6, 6.07) is 13.7. The van der Waals surface area contributed by atoms with E-state index in [-0.39, 0.29) is 12.5 Å². The first kappa shape index (κ1) is 20.7. The number of carbonyl (C=O) groups excluding carboxylic acids is 1. The molecule has 0 bridgehead atoms. The van der Waals surface area contributed by atoms with Crippen molar-refractivity contribution < 1.29 is 23.0 Å². The second-order valence-electron chi connectivity index (χ2n) is 7.81. The number of ether oxygens (including phenoxy) is 2. The molecule has 0 aliphatic carbocycles. The largest absolute Gasteiger partial charge is 0.496 e. The molecule has 3 aromatic rings. The third-order valence-corrected chi connectivity index (χ3v) is 5.20. The topological polar surface area (TPSA) is 59.6 Å². The third-order valence-electron chi connectivity index (χ3n) is 5.20. The van der Waals surface area contributed by atoms with Crippen LogP contribution < -0.4 is 20.1 Å². The van der Waals surface area contributed by atoms with Crippen LogP contribution in [-0.2, 0) is 11.4 Å². The van der Waals surface area contributed by atoms with Crippen LogP contribution >= 0.6 is 0 Å². The summed E-state index contributed by atoms with van der Waals surface area (Å²) in [5, 5.41) is 6.16. The number of rotatable bonds is 5. The second-order valence-corrected chi connectivity index (χ2v) is 7.81. The highest BCUT2D eigenvalue weighted by Crippen LogP contribution is 2.42. The number of carbonyl (C=O) groups is 1. The highest BCUT2D eigenvalue weighted by molar-refractivity contribution is 6.07. The number of benzene rings is 3. The number of hydrogen-bond donors (Lipinski definition) is 2. The number of nitrogens with one attached hydrogen (secondary N) is 2. The summed E-state index contributed by atoms with van der Waals surface area (Å²) in [6.45, 7) is 3.57. The van der Waals surface area contributed by atoms with Gasteiger partial charge < -0.3 is 20.1 Å². The summed E-state index contributed by atoms with van der Waals surface area (Å²) in [6.07, 6.45) is 0. The maximum atomic E-state index is 14.1. The number of hydrogen-bond acceptors (Lipinski definition) is 4.